The molecule has 0 saturated heterocycles. The number of nitrogens with two attached hydrogens (primary N) is 1. The maximum atomic E-state index is 14.4. The van der Waals surface area contributed by atoms with Crippen molar-refractivity contribution in [2.75, 3.05) is 20.8 Å². The van der Waals surface area contributed by atoms with E-state index in [1.54, 1.807) is 11.9 Å². The van der Waals surface area contributed by atoms with E-state index >= 15 is 0 Å². The Labute approximate surface area is 285 Å². The number of ether oxygens (including phenoxy) is 2. The Bertz CT molecular complexity index is 1470. The Morgan fingerprint density at radius 2 is 1.50 bits per heavy atom. The fraction of sp³-hybridized carbons (Fsp3) is 0.462. The maximum absolute atomic E-state index is 14.4. The predicted octanol–water partition coefficient (Wildman–Crippen LogP) is 5.73. The molecule has 3 rings (SSSR count). The van der Waals surface area contributed by atoms with Crippen LogP contribution in [0.15, 0.2) is 78.9 Å². The molecule has 4 N–H and O–H groups in total. The number of nitrogens with one attached hydrogen (secondary N) is 1. The number of methoxy groups -OCH3 is 1. The van der Waals surface area contributed by atoms with Gasteiger partial charge in [-0.15, -0.1) is 0 Å². The first-order chi connectivity index (χ1) is 22.6. The topological polar surface area (TPSA) is 131 Å². The average molecular weight is 660 g/mol. The molecule has 9 nitrogen and oxygen atoms in total. The molecule has 0 bridgehead atoms. The first-order valence-electron chi connectivity index (χ1n) is 16.5. The molecule has 9 heteroatoms. The van der Waals surface area contributed by atoms with Crippen molar-refractivity contribution in [3.63, 3.8) is 0 Å². The number of carbonyl (C=O) groups excluding carboxylic acids is 2. The average Bonchev–Trinajstić information content (AvgIpc) is 3.02. The molecule has 260 valence electrons. The number of carboxylic acids is 1. The zero-order valence-electron chi connectivity index (χ0n) is 29.5. The van der Waals surface area contributed by atoms with Crippen LogP contribution in [0.2, 0.25) is 0 Å². The molecule has 48 heavy (non-hydrogen) atoms. The third-order valence-corrected chi connectivity index (χ3v) is 8.68. The van der Waals surface area contributed by atoms with Crippen molar-refractivity contribution in [2.45, 2.75) is 84.0 Å². The largest absolute Gasteiger partial charge is 0.489 e. The van der Waals surface area contributed by atoms with Crippen molar-refractivity contribution in [2.24, 2.45) is 17.6 Å². The number of amides is 2. The van der Waals surface area contributed by atoms with Crippen LogP contribution in [0, 0.1) is 11.8 Å². The summed E-state index contributed by atoms with van der Waals surface area (Å²) in [6.45, 7) is 11.1. The Hall–Kier alpha value is -4.21. The number of primary amides is 1. The van der Waals surface area contributed by atoms with E-state index in [9.17, 15) is 19.5 Å². The Morgan fingerprint density at radius 1 is 0.896 bits per heavy atom. The fourth-order valence-electron chi connectivity index (χ4n) is 6.19. The van der Waals surface area contributed by atoms with Crippen molar-refractivity contribution < 1.29 is 29.0 Å². The molecule has 0 aliphatic rings. The monoisotopic (exact) mass is 659 g/mol. The number of hydrogen-bond acceptors (Lipinski definition) is 6. The second-order valence-corrected chi connectivity index (χ2v) is 14.1. The molecule has 0 saturated carbocycles. The molecule has 3 atom stereocenters. The van der Waals surface area contributed by atoms with Crippen LogP contribution in [0.1, 0.15) is 69.7 Å². The van der Waals surface area contributed by atoms with Gasteiger partial charge < -0.3 is 25.6 Å². The number of carboxylic acid groups (broad SMARTS) is 1. The number of carbonyl (C=O) groups is 3. The molecule has 3 unspecified atom stereocenters. The summed E-state index contributed by atoms with van der Waals surface area (Å²) in [7, 11) is 3.24. The minimum absolute atomic E-state index is 0.0259. The zero-order valence-corrected chi connectivity index (χ0v) is 29.5. The van der Waals surface area contributed by atoms with Crippen LogP contribution in [-0.2, 0) is 44.1 Å². The van der Waals surface area contributed by atoms with Gasteiger partial charge in [0.05, 0.1) is 18.6 Å². The van der Waals surface area contributed by atoms with Crippen molar-refractivity contribution in [3.8, 4) is 5.75 Å². The first kappa shape index (κ1) is 38.2. The van der Waals surface area contributed by atoms with E-state index in [2.05, 4.69) is 38.2 Å². The van der Waals surface area contributed by atoms with Gasteiger partial charge in [-0.25, -0.2) is 0 Å². The summed E-state index contributed by atoms with van der Waals surface area (Å²) in [5.74, 6) is -2.61. The van der Waals surface area contributed by atoms with E-state index in [-0.39, 0.29) is 37.2 Å². The Kier molecular flexibility index (Phi) is 13.8. The molecular weight excluding hydrogens is 606 g/mol. The summed E-state index contributed by atoms with van der Waals surface area (Å²) >= 11 is 0. The minimum atomic E-state index is -1.60. The van der Waals surface area contributed by atoms with Crippen molar-refractivity contribution in [3.05, 3.63) is 101 Å². The molecule has 0 spiro atoms. The van der Waals surface area contributed by atoms with Crippen LogP contribution < -0.4 is 15.8 Å². The summed E-state index contributed by atoms with van der Waals surface area (Å²) in [5.41, 5.74) is 7.78. The number of aliphatic carboxylic acids is 1. The van der Waals surface area contributed by atoms with E-state index in [1.165, 1.54) is 12.7 Å². The zero-order chi connectivity index (χ0) is 35.5. The molecule has 0 aliphatic carbocycles. The van der Waals surface area contributed by atoms with E-state index < -0.39 is 35.3 Å². The Balaban J connectivity index is 2.02. The van der Waals surface area contributed by atoms with Gasteiger partial charge in [0.2, 0.25) is 11.8 Å². The number of hydrogen-bond donors (Lipinski definition) is 3. The highest BCUT2D eigenvalue weighted by Gasteiger charge is 2.52. The molecule has 0 aliphatic heterocycles. The summed E-state index contributed by atoms with van der Waals surface area (Å²) in [6, 6.07) is 24.7. The van der Waals surface area contributed by atoms with Gasteiger partial charge in [-0.1, -0.05) is 101 Å². The summed E-state index contributed by atoms with van der Waals surface area (Å²) in [5, 5.41) is 14.1. The third-order valence-electron chi connectivity index (χ3n) is 8.68. The maximum Gasteiger partial charge on any atom is 0.324 e. The minimum Gasteiger partial charge on any atom is -0.489 e. The van der Waals surface area contributed by atoms with Crippen molar-refractivity contribution in [1.29, 1.82) is 0 Å². The quantitative estimate of drug-likeness (QED) is 0.159. The van der Waals surface area contributed by atoms with Crippen molar-refractivity contribution in [1.82, 2.24) is 10.2 Å². The molecule has 2 amide bonds. The van der Waals surface area contributed by atoms with E-state index in [4.69, 9.17) is 15.2 Å². The lowest BCUT2D eigenvalue weighted by atomic mass is 9.72. The summed E-state index contributed by atoms with van der Waals surface area (Å²) in [6.07, 6.45) is 0.202. The summed E-state index contributed by atoms with van der Waals surface area (Å²) < 4.78 is 11.2. The van der Waals surface area contributed by atoms with Gasteiger partial charge in [-0.2, -0.15) is 0 Å². The number of rotatable bonds is 18. The van der Waals surface area contributed by atoms with Gasteiger partial charge in [-0.3, -0.25) is 19.3 Å². The lowest BCUT2D eigenvalue weighted by Gasteiger charge is -2.45. The summed E-state index contributed by atoms with van der Waals surface area (Å²) in [4.78, 5) is 41.6. The van der Waals surface area contributed by atoms with Crippen molar-refractivity contribution >= 4 is 17.8 Å². The number of likely N-dealkylation sites (N-methyl/N-ethyl adjacent to an activating group) is 1. The molecule has 0 heterocycles. The lowest BCUT2D eigenvalue weighted by Crippen LogP contribution is -2.63. The van der Waals surface area contributed by atoms with Crippen LogP contribution in [0.4, 0.5) is 0 Å². The van der Waals surface area contributed by atoms with Gasteiger partial charge in [0.1, 0.15) is 17.9 Å². The van der Waals surface area contributed by atoms with Crippen LogP contribution >= 0.6 is 0 Å². The standard InChI is InChI=1S/C39H53N3O6/c1-27(2)23-39(37(45)46,42(6)24-29-13-17-31(18-14-29)38(3,4)5)34(36(44)41-32(26-47-7)22-35(40)43)21-28-15-19-33(20-16-28)48-25-30-11-9-8-10-12-30/h8-20,27,32,34H,21-26H2,1-7H3,(H2,40,43)(H,41,44)(H,45,46). The molecule has 0 radical (unpaired) electrons. The van der Waals surface area contributed by atoms with Gasteiger partial charge in [0.15, 0.2) is 0 Å². The Morgan fingerprint density at radius 3 is 2.02 bits per heavy atom. The highest BCUT2D eigenvalue weighted by Crippen LogP contribution is 2.36. The van der Waals surface area contributed by atoms with Crippen LogP contribution in [0.5, 0.6) is 5.75 Å². The van der Waals surface area contributed by atoms with Gasteiger partial charge in [-0.05, 0) is 65.6 Å². The van der Waals surface area contributed by atoms with Crippen LogP contribution in [0.25, 0.3) is 0 Å². The van der Waals surface area contributed by atoms with Gasteiger partial charge in [0.25, 0.3) is 0 Å². The van der Waals surface area contributed by atoms with Crippen LogP contribution in [-0.4, -0.2) is 60.1 Å². The normalized spacial score (nSPS) is 14.3. The molecular formula is C39H53N3O6. The highest BCUT2D eigenvalue weighted by molar-refractivity contribution is 5.91. The van der Waals surface area contributed by atoms with Crippen LogP contribution in [0.3, 0.4) is 0 Å². The van der Waals surface area contributed by atoms with E-state index in [0.717, 1.165) is 16.7 Å². The number of benzene rings is 3. The first-order valence-corrected chi connectivity index (χ1v) is 16.5. The van der Waals surface area contributed by atoms with E-state index in [1.807, 2.05) is 80.6 Å². The molecule has 3 aromatic rings. The third kappa shape index (κ3) is 10.7. The smallest absolute Gasteiger partial charge is 0.324 e. The highest BCUT2D eigenvalue weighted by atomic mass is 16.5. The second-order valence-electron chi connectivity index (χ2n) is 14.1. The fourth-order valence-corrected chi connectivity index (χ4v) is 6.19. The molecule has 0 fully saturated rings. The SMILES string of the molecule is COCC(CC(N)=O)NC(=O)C(Cc1ccc(OCc2ccccc2)cc1)C(CC(C)C)(C(=O)O)N(C)Cc1ccc(C(C)(C)C)cc1. The van der Waals surface area contributed by atoms with E-state index in [0.29, 0.717) is 18.9 Å². The lowest BCUT2D eigenvalue weighted by molar-refractivity contribution is -0.162. The predicted molar refractivity (Wildman–Crippen MR) is 188 cm³/mol. The van der Waals surface area contributed by atoms with Gasteiger partial charge >= 0.3 is 5.97 Å². The number of nitrogens with zero attached hydrogens (tertiary/aromatic N) is 1. The molecule has 0 aromatic heterocycles. The molecule has 3 aromatic carbocycles. The second kappa shape index (κ2) is 17.3. The van der Waals surface area contributed by atoms with Gasteiger partial charge in [0, 0.05) is 20.1 Å².